The molecule has 54 atom stereocenters. The predicted octanol–water partition coefficient (Wildman–Crippen LogP) is -21.8. The molecule has 128 heavy (non-hydrogen) atoms. The van der Waals surface area contributed by atoms with Gasteiger partial charge in [0.15, 0.2) is 62.9 Å². The zero-order chi connectivity index (χ0) is 94.5. The normalized spacial score (nSPS) is 49.0. The van der Waals surface area contributed by atoms with E-state index in [1.807, 2.05) is 0 Å². The lowest BCUT2D eigenvalue weighted by atomic mass is 9.93. The Hall–Kier alpha value is -3.59. The highest BCUT2D eigenvalue weighted by Crippen LogP contribution is 2.42. The molecule has 0 unspecified atom stereocenters. The maximum Gasteiger partial charge on any atom is 0.217 e. The summed E-state index contributed by atoms with van der Waals surface area (Å²) in [6.45, 7) is -4.35. The Morgan fingerprint density at radius 2 is 0.570 bits per heavy atom. The molecular weight excluding hydrogens is 1750 g/mol. The van der Waals surface area contributed by atoms with Crippen molar-refractivity contribution in [2.75, 3.05) is 59.5 Å². The summed E-state index contributed by atoms with van der Waals surface area (Å²) >= 11 is 0. The van der Waals surface area contributed by atoms with Gasteiger partial charge in [0.1, 0.15) is 250 Å². The summed E-state index contributed by atoms with van der Waals surface area (Å²) in [7, 11) is 0. The Morgan fingerprint density at radius 3 is 0.992 bits per heavy atom. The summed E-state index contributed by atoms with van der Waals surface area (Å²) < 4.78 is 120. The van der Waals surface area contributed by atoms with Crippen LogP contribution in [0.1, 0.15) is 41.5 Å². The largest absolute Gasteiger partial charge is 0.394 e. The van der Waals surface area contributed by atoms with Gasteiger partial charge in [-0.05, 0) is 20.8 Å². The van der Waals surface area contributed by atoms with Crippen LogP contribution in [0.25, 0.3) is 0 Å². The summed E-state index contributed by atoms with van der Waals surface area (Å²) in [6.07, 6.45) is -107. The smallest absolute Gasteiger partial charge is 0.217 e. The maximum absolute atomic E-state index is 13.7. The summed E-state index contributed by atoms with van der Waals surface area (Å²) in [4.78, 5) is 40.1. The quantitative estimate of drug-likeness (QED) is 0.0280. The van der Waals surface area contributed by atoms with Gasteiger partial charge in [-0.15, -0.1) is 0 Å². The van der Waals surface area contributed by atoms with Gasteiger partial charge < -0.3 is 264 Å². The number of hydrogen-bond donors (Lipinski definition) is 33. The van der Waals surface area contributed by atoms with Crippen LogP contribution in [0.5, 0.6) is 0 Å². The number of nitrogens with one attached hydrogen (secondary N) is 3. The third-order valence-electron chi connectivity index (χ3n) is 23.7. The van der Waals surface area contributed by atoms with Crippen LogP contribution in [0.15, 0.2) is 0 Å². The van der Waals surface area contributed by atoms with Gasteiger partial charge in [0, 0.05) is 20.8 Å². The molecule has 56 nitrogen and oxygen atoms in total. The average molecular weight is 1880 g/mol. The van der Waals surface area contributed by atoms with Crippen molar-refractivity contribution in [2.45, 2.75) is 373 Å². The van der Waals surface area contributed by atoms with Crippen LogP contribution in [0, 0.1) is 0 Å². The van der Waals surface area contributed by atoms with Crippen LogP contribution in [0.4, 0.5) is 0 Å². The highest BCUT2D eigenvalue weighted by molar-refractivity contribution is 5.74. The number of hydrogen-bond acceptors (Lipinski definition) is 53. The number of amides is 3. The lowest BCUT2D eigenvalue weighted by molar-refractivity contribution is -0.400. The number of carbonyl (C=O) groups excluding carboxylic acids is 3. The van der Waals surface area contributed by atoms with Crippen LogP contribution >= 0.6 is 0 Å². The predicted molar refractivity (Wildman–Crippen MR) is 395 cm³/mol. The average Bonchev–Trinajstić information content (AvgIpc) is 0.760. The van der Waals surface area contributed by atoms with Crippen molar-refractivity contribution in [1.29, 1.82) is 0 Å². The highest BCUT2D eigenvalue weighted by atomic mass is 16.8. The van der Waals surface area contributed by atoms with E-state index in [4.69, 9.17) is 94.7 Å². The van der Waals surface area contributed by atoms with E-state index >= 15 is 0 Å². The molecule has 0 bridgehead atoms. The van der Waals surface area contributed by atoms with Crippen LogP contribution in [0.2, 0.25) is 0 Å². The van der Waals surface area contributed by atoms with E-state index in [1.165, 1.54) is 20.8 Å². The third-order valence-corrected chi connectivity index (χ3v) is 23.7. The molecule has 10 aliphatic heterocycles. The van der Waals surface area contributed by atoms with Crippen LogP contribution in [0.3, 0.4) is 0 Å². The van der Waals surface area contributed by atoms with E-state index in [9.17, 15) is 168 Å². The number of carbonyl (C=O) groups is 3. The molecule has 3 amide bonds. The molecule has 0 aromatic rings. The van der Waals surface area contributed by atoms with Crippen LogP contribution < -0.4 is 16.0 Å². The fraction of sp³-hybridized carbons (Fsp3) is 0.958. The van der Waals surface area contributed by atoms with Crippen molar-refractivity contribution in [3.8, 4) is 0 Å². The minimum Gasteiger partial charge on any atom is -0.394 e. The van der Waals surface area contributed by atoms with Gasteiger partial charge in [-0.2, -0.15) is 0 Å². The second kappa shape index (κ2) is 46.5. The van der Waals surface area contributed by atoms with E-state index in [2.05, 4.69) is 16.0 Å². The summed E-state index contributed by atoms with van der Waals surface area (Å²) in [5.41, 5.74) is 0. The van der Waals surface area contributed by atoms with Crippen molar-refractivity contribution in [2.24, 2.45) is 0 Å². The molecular formula is C72H123N3O53. The molecule has 10 rings (SSSR count). The fourth-order valence-electron chi connectivity index (χ4n) is 16.4. The second-order valence-electron chi connectivity index (χ2n) is 32.8. The summed E-state index contributed by atoms with van der Waals surface area (Å²) in [5.74, 6) is -3.05. The Balaban J connectivity index is 0.945. The standard InChI is InChI=1S/C72H123N3O53/c1-16-34(89)44(99)49(104)66(110-16)122-56-29(14-83)118-65(33(75-21(6)86)58(56)124-72-62(48(103)39(94)25(10-79)116-72)128-68-51(106)46(101)36(91)18(3)112-68)126-60-42(97)30(119-70(53(60)108)120-54(23(88)8-77)37(92)22(87)7-76)15-109-63-31(73-19(4)84)43(98)55(28(13-82)117-63)121-69-52(107)59(41(96)27(12-81)114-69)125-64-32(74-20(5)85)57(40(95)26(11-80)113-64)123-71-61(47(102)38(93)24(9-78)115-71)127-67-50(105)45(100)35(90)17(2)111-67/h16-18,22-72,76-83,87-108H,7-15H2,1-6H3,(H,73,84)(H,74,85)(H,75,86)/t16-,17-,18-,22-,23+,24+,25+,26+,27+,28+,29+,30+,31+,32+,33+,34+,35+,36+,37+,38-,39-,40+,41-,42-,43+,44+,45+,46+,47-,48-,49-,50-,51-,52+,53+,54+,55+,56+,57+,58+,59-,60-,61+,62+,63+,64-,65-,66-,67-,68-,69-,70-,71-,72-/m0/s1. The number of aliphatic hydroxyl groups excluding tert-OH is 30. The first-order chi connectivity index (χ1) is 60.4. The second-order valence-corrected chi connectivity index (χ2v) is 32.8. The van der Waals surface area contributed by atoms with Gasteiger partial charge in [-0.1, -0.05) is 0 Å². The molecule has 0 saturated carbocycles. The maximum atomic E-state index is 13.7. The van der Waals surface area contributed by atoms with Gasteiger partial charge in [-0.3, -0.25) is 14.4 Å². The molecule has 10 fully saturated rings. The van der Waals surface area contributed by atoms with E-state index < -0.39 is 408 Å². The number of rotatable bonds is 35. The van der Waals surface area contributed by atoms with E-state index in [0.717, 1.165) is 20.8 Å². The van der Waals surface area contributed by atoms with Gasteiger partial charge in [0.2, 0.25) is 17.7 Å². The van der Waals surface area contributed by atoms with Gasteiger partial charge >= 0.3 is 0 Å². The molecule has 0 radical (unpaired) electrons. The fourth-order valence-corrected chi connectivity index (χ4v) is 16.4. The zero-order valence-electron chi connectivity index (χ0n) is 69.3. The Bertz CT molecular complexity index is 3410. The van der Waals surface area contributed by atoms with Crippen LogP contribution in [-0.4, -0.2) is 562 Å². The Morgan fingerprint density at radius 1 is 0.266 bits per heavy atom. The molecule has 0 aromatic heterocycles. The lowest BCUT2D eigenvalue weighted by Crippen LogP contribution is -2.71. The van der Waals surface area contributed by atoms with Crippen molar-refractivity contribution < 1.29 is 262 Å². The van der Waals surface area contributed by atoms with Crippen molar-refractivity contribution in [1.82, 2.24) is 16.0 Å². The van der Waals surface area contributed by atoms with Crippen molar-refractivity contribution >= 4 is 17.7 Å². The first-order valence-corrected chi connectivity index (χ1v) is 41.2. The van der Waals surface area contributed by atoms with Gasteiger partial charge in [0.25, 0.3) is 0 Å². The Labute approximate surface area is 726 Å². The number of aliphatic hydroxyl groups is 30. The van der Waals surface area contributed by atoms with Crippen molar-refractivity contribution in [3.05, 3.63) is 0 Å². The van der Waals surface area contributed by atoms with Crippen LogP contribution in [-0.2, 0) is 109 Å². The molecule has 33 N–H and O–H groups in total. The molecule has 10 saturated heterocycles. The molecule has 0 aromatic carbocycles. The summed E-state index contributed by atoms with van der Waals surface area (Å²) in [5, 5.41) is 341. The highest BCUT2D eigenvalue weighted by Gasteiger charge is 2.63. The topological polar surface area (TPSA) is 879 Å². The number of ether oxygens (including phenoxy) is 20. The SMILES string of the molecule is CC(=O)N[C@H]1[C@H](OC[C@H]2O[C@@H](O[C@@H]([C@H](O)[C@@H](O)CO)[C@H](O)CO)[C@H](O)[C@@H](O[C@@H]3O[C@H](CO)[C@@H](O[C@@H]4O[C@@H](C)[C@@H](O)[C@@H](O)[C@@H]4O)[C@H](O[C@@H]4O[C@H](CO)[C@H](O)[C@H](O)[C@H]4O[C@@H]4O[C@@H](C)[C@@H](O)[C@@H](O)[C@@H]4O)[C@H]3NC(C)=O)[C@H]2O)O[C@H](CO)[C@@H](O[C@@H]2O[C@H](CO)[C@H](O)[C@H](O[C@@H]3O[C@H](CO)[C@@H](O)[C@H](O[C@@H]4O[C@H](CO)[C@H](O)[C@H](O)[C@H]4O[C@@H]4O[C@@H](C)[C@@H](O)[C@@H](O)[C@@H]4O)[C@H]3NC(C)=O)[C@H]2O)[C@@H]1O. The minimum absolute atomic E-state index is 0.880. The molecule has 0 aliphatic carbocycles. The van der Waals surface area contributed by atoms with E-state index in [0.29, 0.717) is 0 Å². The lowest BCUT2D eigenvalue weighted by Gasteiger charge is -2.52. The molecule has 56 heteroatoms. The van der Waals surface area contributed by atoms with E-state index in [1.54, 1.807) is 0 Å². The molecule has 10 heterocycles. The monoisotopic (exact) mass is 1880 g/mol. The van der Waals surface area contributed by atoms with E-state index in [-0.39, 0.29) is 0 Å². The van der Waals surface area contributed by atoms with Gasteiger partial charge in [0.05, 0.1) is 77.8 Å². The minimum atomic E-state index is -2.60. The molecule has 10 aliphatic rings. The Kier molecular flexibility index (Phi) is 38.7. The first kappa shape index (κ1) is 106. The van der Waals surface area contributed by atoms with Crippen molar-refractivity contribution in [3.63, 3.8) is 0 Å². The molecule has 744 valence electrons. The third kappa shape index (κ3) is 23.4. The zero-order valence-corrected chi connectivity index (χ0v) is 69.3. The van der Waals surface area contributed by atoms with Gasteiger partial charge in [-0.25, -0.2) is 0 Å². The first-order valence-electron chi connectivity index (χ1n) is 41.2. The molecule has 0 spiro atoms. The summed E-state index contributed by atoms with van der Waals surface area (Å²) in [6, 6.07) is -6.11.